The maximum absolute atomic E-state index is 12.8. The van der Waals surface area contributed by atoms with Crippen molar-refractivity contribution in [1.29, 1.82) is 0 Å². The van der Waals surface area contributed by atoms with Gasteiger partial charge in [-0.15, -0.1) is 0 Å². The minimum absolute atomic E-state index is 0.157. The summed E-state index contributed by atoms with van der Waals surface area (Å²) < 4.78 is 12.8. The molecule has 0 saturated carbocycles. The predicted octanol–water partition coefficient (Wildman–Crippen LogP) is 0.0537. The van der Waals surface area contributed by atoms with Gasteiger partial charge in [0.2, 0.25) is 0 Å². The Morgan fingerprint density at radius 1 is 1.14 bits per heavy atom. The van der Waals surface area contributed by atoms with Crippen molar-refractivity contribution in [3.05, 3.63) is 36.1 Å². The molecule has 0 atom stereocenters. The van der Waals surface area contributed by atoms with E-state index >= 15 is 0 Å². The summed E-state index contributed by atoms with van der Waals surface area (Å²) >= 11 is 0. The van der Waals surface area contributed by atoms with Crippen LogP contribution in [0.1, 0.15) is 0 Å². The van der Waals surface area contributed by atoms with Gasteiger partial charge in [-0.05, 0) is 24.3 Å². The lowest BCUT2D eigenvalue weighted by atomic mass is 9.85. The van der Waals surface area contributed by atoms with E-state index in [0.717, 1.165) is 0 Å². The van der Waals surface area contributed by atoms with Crippen molar-refractivity contribution in [2.45, 2.75) is 0 Å². The highest BCUT2D eigenvalue weighted by molar-refractivity contribution is 6.57. The molecule has 0 unspecified atom stereocenters. The first kappa shape index (κ1) is 9.11. The van der Waals surface area contributed by atoms with Gasteiger partial charge in [-0.1, -0.05) is 6.07 Å². The molecule has 1 heterocycles. The van der Waals surface area contributed by atoms with Gasteiger partial charge in [0.25, 0.3) is 0 Å². The Morgan fingerprint density at radius 2 is 1.93 bits per heavy atom. The highest BCUT2D eigenvalue weighted by atomic mass is 19.1. The molecule has 5 heteroatoms. The first-order valence-corrected chi connectivity index (χ1v) is 4.09. The molecule has 0 saturated heterocycles. The fourth-order valence-electron chi connectivity index (χ4n) is 1.26. The van der Waals surface area contributed by atoms with Gasteiger partial charge >= 0.3 is 7.12 Å². The summed E-state index contributed by atoms with van der Waals surface area (Å²) in [5, 5.41) is 18.3. The molecule has 1 aromatic heterocycles. The third kappa shape index (κ3) is 1.59. The van der Waals surface area contributed by atoms with Crippen molar-refractivity contribution in [2.24, 2.45) is 0 Å². The molecule has 2 N–H and O–H groups in total. The number of hydrogen-bond donors (Lipinski definition) is 2. The molecule has 0 spiro atoms. The number of fused-ring (bicyclic) bond motifs is 1. The molecule has 0 fully saturated rings. The molecule has 0 radical (unpaired) electrons. The highest BCUT2D eigenvalue weighted by Gasteiger charge is 2.12. The van der Waals surface area contributed by atoms with Crippen molar-refractivity contribution in [1.82, 2.24) is 4.98 Å². The van der Waals surface area contributed by atoms with Gasteiger partial charge in [-0.2, -0.15) is 0 Å². The average Bonchev–Trinajstić information content (AvgIpc) is 2.16. The highest BCUT2D eigenvalue weighted by Crippen LogP contribution is 2.11. The second-order valence-electron chi connectivity index (χ2n) is 2.95. The van der Waals surface area contributed by atoms with Crippen LogP contribution in [0.25, 0.3) is 10.9 Å². The minimum atomic E-state index is -1.59. The first-order valence-electron chi connectivity index (χ1n) is 4.09. The zero-order chi connectivity index (χ0) is 10.1. The van der Waals surface area contributed by atoms with E-state index in [9.17, 15) is 4.39 Å². The van der Waals surface area contributed by atoms with Crippen LogP contribution in [0.5, 0.6) is 0 Å². The number of pyridine rings is 1. The SMILES string of the molecule is OB(O)c1ccc2cc(F)ccc2n1. The minimum Gasteiger partial charge on any atom is -0.422 e. The molecular formula is C9H7BFNO2. The van der Waals surface area contributed by atoms with E-state index in [4.69, 9.17) is 10.0 Å². The van der Waals surface area contributed by atoms with E-state index < -0.39 is 7.12 Å². The Morgan fingerprint density at radius 3 is 2.64 bits per heavy atom. The molecule has 1 aromatic carbocycles. The maximum Gasteiger partial charge on any atom is 0.508 e. The van der Waals surface area contributed by atoms with E-state index in [1.54, 1.807) is 6.07 Å². The zero-order valence-electron chi connectivity index (χ0n) is 7.18. The number of benzene rings is 1. The number of nitrogens with zero attached hydrogens (tertiary/aromatic N) is 1. The topological polar surface area (TPSA) is 53.4 Å². The van der Waals surface area contributed by atoms with Crippen LogP contribution in [-0.4, -0.2) is 22.2 Å². The summed E-state index contributed by atoms with van der Waals surface area (Å²) in [6.45, 7) is 0. The van der Waals surface area contributed by atoms with E-state index in [2.05, 4.69) is 4.98 Å². The van der Waals surface area contributed by atoms with E-state index in [-0.39, 0.29) is 11.4 Å². The molecular weight excluding hydrogens is 184 g/mol. The Kier molecular flexibility index (Phi) is 2.19. The molecule has 0 aliphatic carbocycles. The average molecular weight is 191 g/mol. The van der Waals surface area contributed by atoms with E-state index in [1.807, 2.05) is 0 Å². The number of aromatic nitrogens is 1. The van der Waals surface area contributed by atoms with Gasteiger partial charge in [-0.3, -0.25) is 4.98 Å². The van der Waals surface area contributed by atoms with E-state index in [0.29, 0.717) is 10.9 Å². The molecule has 0 aliphatic rings. The summed E-state index contributed by atoms with van der Waals surface area (Å²) in [4.78, 5) is 3.95. The fourth-order valence-corrected chi connectivity index (χ4v) is 1.26. The van der Waals surface area contributed by atoms with Gasteiger partial charge < -0.3 is 10.0 Å². The molecule has 14 heavy (non-hydrogen) atoms. The van der Waals surface area contributed by atoms with Crippen LogP contribution in [0.3, 0.4) is 0 Å². The lowest BCUT2D eigenvalue weighted by molar-refractivity contribution is 0.424. The molecule has 2 aromatic rings. The molecule has 0 bridgehead atoms. The van der Waals surface area contributed by atoms with Crippen LogP contribution in [0.4, 0.5) is 4.39 Å². The van der Waals surface area contributed by atoms with Crippen molar-refractivity contribution in [3.8, 4) is 0 Å². The summed E-state index contributed by atoms with van der Waals surface area (Å²) in [5.74, 6) is -0.336. The summed E-state index contributed by atoms with van der Waals surface area (Å²) in [7, 11) is -1.59. The second kappa shape index (κ2) is 3.36. The maximum atomic E-state index is 12.8. The van der Waals surface area contributed by atoms with Crippen molar-refractivity contribution in [3.63, 3.8) is 0 Å². The van der Waals surface area contributed by atoms with Crippen molar-refractivity contribution >= 4 is 23.6 Å². The largest absolute Gasteiger partial charge is 0.508 e. The van der Waals surface area contributed by atoms with Gasteiger partial charge in [0.1, 0.15) is 5.82 Å². The molecule has 0 amide bonds. The molecule has 70 valence electrons. The first-order chi connectivity index (χ1) is 6.66. The van der Waals surface area contributed by atoms with Crippen LogP contribution in [0.15, 0.2) is 30.3 Å². The summed E-state index contributed by atoms with van der Waals surface area (Å²) in [5.41, 5.74) is 0.695. The summed E-state index contributed by atoms with van der Waals surface area (Å²) in [6.07, 6.45) is 0. The zero-order valence-corrected chi connectivity index (χ0v) is 7.18. The van der Waals surface area contributed by atoms with E-state index in [1.165, 1.54) is 24.3 Å². The number of hydrogen-bond acceptors (Lipinski definition) is 3. The number of rotatable bonds is 1. The Labute approximate surface area is 80.0 Å². The second-order valence-corrected chi connectivity index (χ2v) is 2.95. The molecule has 2 rings (SSSR count). The van der Waals surface area contributed by atoms with Crippen LogP contribution >= 0.6 is 0 Å². The van der Waals surface area contributed by atoms with Crippen molar-refractivity contribution < 1.29 is 14.4 Å². The van der Waals surface area contributed by atoms with Gasteiger partial charge in [0, 0.05) is 5.39 Å². The number of halogens is 1. The third-order valence-electron chi connectivity index (χ3n) is 1.94. The van der Waals surface area contributed by atoms with Crippen LogP contribution in [0, 0.1) is 5.82 Å². The normalized spacial score (nSPS) is 10.5. The predicted molar refractivity (Wildman–Crippen MR) is 51.5 cm³/mol. The summed E-state index contributed by atoms with van der Waals surface area (Å²) in [6, 6.07) is 7.17. The fraction of sp³-hybridized carbons (Fsp3) is 0. The van der Waals surface area contributed by atoms with Gasteiger partial charge in [0.05, 0.1) is 11.1 Å². The van der Waals surface area contributed by atoms with Gasteiger partial charge in [0.15, 0.2) is 0 Å². The van der Waals surface area contributed by atoms with Gasteiger partial charge in [-0.25, -0.2) is 4.39 Å². The van der Waals surface area contributed by atoms with Crippen LogP contribution < -0.4 is 5.59 Å². The molecule has 3 nitrogen and oxygen atoms in total. The van der Waals surface area contributed by atoms with Crippen LogP contribution in [-0.2, 0) is 0 Å². The Hall–Kier alpha value is -1.46. The third-order valence-corrected chi connectivity index (χ3v) is 1.94. The quantitative estimate of drug-likeness (QED) is 0.626. The molecule has 0 aliphatic heterocycles. The lowest BCUT2D eigenvalue weighted by Gasteiger charge is -2.01. The Bertz CT molecular complexity index is 475. The standard InChI is InChI=1S/C9H7BFNO2/c11-7-2-3-8-6(5-7)1-4-9(12-8)10(13)14/h1-5,13-14H. The monoisotopic (exact) mass is 191 g/mol. The smallest absolute Gasteiger partial charge is 0.422 e. The van der Waals surface area contributed by atoms with Crippen LogP contribution in [0.2, 0.25) is 0 Å². The lowest BCUT2D eigenvalue weighted by Crippen LogP contribution is -2.32. The Balaban J connectivity index is 2.62. The van der Waals surface area contributed by atoms with Crippen molar-refractivity contribution in [2.75, 3.05) is 0 Å².